The van der Waals surface area contributed by atoms with Crippen molar-refractivity contribution >= 4 is 27.8 Å². The number of para-hydroxylation sites is 1. The first kappa shape index (κ1) is 18.0. The van der Waals surface area contributed by atoms with Crippen molar-refractivity contribution in [2.75, 3.05) is 0 Å². The predicted octanol–water partition coefficient (Wildman–Crippen LogP) is 4.13. The largest absolute Gasteiger partial charge is 0.464 e. The fourth-order valence-electron chi connectivity index (χ4n) is 3.27. The highest BCUT2D eigenvalue weighted by molar-refractivity contribution is 5.88. The van der Waals surface area contributed by atoms with Crippen molar-refractivity contribution in [1.29, 1.82) is 0 Å². The van der Waals surface area contributed by atoms with E-state index < -0.39 is 12.1 Å². The van der Waals surface area contributed by atoms with E-state index in [9.17, 15) is 9.59 Å². The van der Waals surface area contributed by atoms with Crippen molar-refractivity contribution in [1.82, 2.24) is 9.97 Å². The first-order valence-corrected chi connectivity index (χ1v) is 9.08. The molecular formula is C22H20N2O4. The Morgan fingerprint density at radius 1 is 1.18 bits per heavy atom. The summed E-state index contributed by atoms with van der Waals surface area (Å²) in [5, 5.41) is 1.41. The van der Waals surface area contributed by atoms with E-state index in [1.165, 1.54) is 0 Å². The molecule has 0 unspecified atom stereocenters. The van der Waals surface area contributed by atoms with E-state index in [0.29, 0.717) is 16.7 Å². The Morgan fingerprint density at radius 3 is 2.79 bits per heavy atom. The Labute approximate surface area is 161 Å². The Bertz CT molecular complexity index is 1250. The predicted molar refractivity (Wildman–Crippen MR) is 106 cm³/mol. The van der Waals surface area contributed by atoms with Crippen LogP contribution in [0.1, 0.15) is 35.5 Å². The highest BCUT2D eigenvalue weighted by atomic mass is 16.5. The van der Waals surface area contributed by atoms with Gasteiger partial charge < -0.3 is 14.1 Å². The van der Waals surface area contributed by atoms with Gasteiger partial charge in [0.1, 0.15) is 5.58 Å². The van der Waals surface area contributed by atoms with Gasteiger partial charge in [0.25, 0.3) is 5.56 Å². The van der Waals surface area contributed by atoms with Crippen molar-refractivity contribution in [3.63, 3.8) is 0 Å². The Balaban J connectivity index is 1.54. The van der Waals surface area contributed by atoms with E-state index in [0.717, 1.165) is 27.7 Å². The van der Waals surface area contributed by atoms with Crippen molar-refractivity contribution in [3.8, 4) is 0 Å². The average Bonchev–Trinajstić information content (AvgIpc) is 3.08. The van der Waals surface area contributed by atoms with Crippen molar-refractivity contribution in [2.45, 2.75) is 33.3 Å². The lowest BCUT2D eigenvalue weighted by atomic mass is 10.0. The topological polar surface area (TPSA) is 85.2 Å². The third kappa shape index (κ3) is 3.17. The van der Waals surface area contributed by atoms with Crippen LogP contribution in [-0.4, -0.2) is 15.9 Å². The molecule has 0 saturated heterocycles. The molecule has 6 nitrogen and oxygen atoms in total. The first-order valence-electron chi connectivity index (χ1n) is 9.08. The third-order valence-electron chi connectivity index (χ3n) is 5.00. The maximum atomic E-state index is 12.5. The number of rotatable bonds is 4. The zero-order valence-electron chi connectivity index (χ0n) is 15.9. The number of carbonyl (C=O) groups is 1. The highest BCUT2D eigenvalue weighted by Gasteiger charge is 2.18. The average molecular weight is 376 g/mol. The molecule has 2 heterocycles. The smallest absolute Gasteiger partial charge is 0.311 e. The molecule has 0 amide bonds. The highest BCUT2D eigenvalue weighted by Crippen LogP contribution is 2.27. The molecule has 1 atom stereocenters. The van der Waals surface area contributed by atoms with Gasteiger partial charge in [-0.15, -0.1) is 0 Å². The Morgan fingerprint density at radius 2 is 1.96 bits per heavy atom. The molecule has 0 saturated carbocycles. The van der Waals surface area contributed by atoms with E-state index >= 15 is 0 Å². The molecule has 0 fully saturated rings. The summed E-state index contributed by atoms with van der Waals surface area (Å²) in [6.45, 7) is 5.70. The number of furan rings is 1. The van der Waals surface area contributed by atoms with Crippen molar-refractivity contribution in [3.05, 3.63) is 75.5 Å². The number of hydrogen-bond donors (Lipinski definition) is 1. The zero-order valence-corrected chi connectivity index (χ0v) is 15.9. The van der Waals surface area contributed by atoms with Gasteiger partial charge in [-0.25, -0.2) is 4.98 Å². The van der Waals surface area contributed by atoms with Crippen LogP contribution in [0.3, 0.4) is 0 Å². The van der Waals surface area contributed by atoms with E-state index in [2.05, 4.69) is 9.97 Å². The van der Waals surface area contributed by atoms with Crippen LogP contribution in [0.25, 0.3) is 21.9 Å². The van der Waals surface area contributed by atoms with Gasteiger partial charge in [0.15, 0.2) is 11.9 Å². The number of benzene rings is 2. The van der Waals surface area contributed by atoms with Crippen LogP contribution < -0.4 is 5.56 Å². The molecule has 0 aliphatic carbocycles. The minimum Gasteiger partial charge on any atom is -0.464 e. The molecular weight excluding hydrogens is 356 g/mol. The van der Waals surface area contributed by atoms with Crippen LogP contribution in [-0.2, 0) is 16.0 Å². The summed E-state index contributed by atoms with van der Waals surface area (Å²) in [6, 6.07) is 11.0. The summed E-state index contributed by atoms with van der Waals surface area (Å²) in [6.07, 6.45) is 1.00. The summed E-state index contributed by atoms with van der Waals surface area (Å²) < 4.78 is 11.2. The summed E-state index contributed by atoms with van der Waals surface area (Å²) in [5.41, 5.74) is 4.07. The number of aromatic nitrogens is 2. The molecule has 6 heteroatoms. The summed E-state index contributed by atoms with van der Waals surface area (Å²) in [5.74, 6) is -0.0928. The lowest BCUT2D eigenvalue weighted by molar-refractivity contribution is -0.148. The molecule has 0 aliphatic rings. The SMILES string of the molecule is Cc1ccc2c(CC(=O)O[C@H](C)c3nc4ccccc4c(=O)[nH]3)coc2c1C. The second-order valence-electron chi connectivity index (χ2n) is 6.92. The normalized spacial score (nSPS) is 12.4. The Kier molecular flexibility index (Phi) is 4.47. The van der Waals surface area contributed by atoms with Gasteiger partial charge in [0.05, 0.1) is 23.6 Å². The van der Waals surface area contributed by atoms with Crippen molar-refractivity contribution in [2.24, 2.45) is 0 Å². The van der Waals surface area contributed by atoms with E-state index in [1.54, 1.807) is 31.4 Å². The van der Waals surface area contributed by atoms with Gasteiger partial charge in [0.2, 0.25) is 0 Å². The second-order valence-corrected chi connectivity index (χ2v) is 6.92. The molecule has 28 heavy (non-hydrogen) atoms. The van der Waals surface area contributed by atoms with Crippen LogP contribution in [0.4, 0.5) is 0 Å². The lowest BCUT2D eigenvalue weighted by Crippen LogP contribution is -2.18. The van der Waals surface area contributed by atoms with Gasteiger partial charge in [0, 0.05) is 10.9 Å². The molecule has 2 aromatic carbocycles. The van der Waals surface area contributed by atoms with Crippen LogP contribution in [0.15, 0.2) is 51.9 Å². The van der Waals surface area contributed by atoms with Crippen LogP contribution in [0, 0.1) is 13.8 Å². The number of aromatic amines is 1. The zero-order chi connectivity index (χ0) is 19.8. The molecule has 4 aromatic rings. The summed E-state index contributed by atoms with van der Waals surface area (Å²) >= 11 is 0. The summed E-state index contributed by atoms with van der Waals surface area (Å²) in [7, 11) is 0. The number of hydrogen-bond acceptors (Lipinski definition) is 5. The third-order valence-corrected chi connectivity index (χ3v) is 5.00. The molecule has 142 valence electrons. The first-order chi connectivity index (χ1) is 13.4. The number of nitrogens with one attached hydrogen (secondary N) is 1. The number of fused-ring (bicyclic) bond motifs is 2. The number of esters is 1. The van der Waals surface area contributed by atoms with Crippen LogP contribution >= 0.6 is 0 Å². The van der Waals surface area contributed by atoms with Crippen molar-refractivity contribution < 1.29 is 13.9 Å². The van der Waals surface area contributed by atoms with Gasteiger partial charge in [-0.05, 0) is 44.0 Å². The fraction of sp³-hybridized carbons (Fsp3) is 0.227. The number of H-pyrrole nitrogens is 1. The quantitative estimate of drug-likeness (QED) is 0.541. The van der Waals surface area contributed by atoms with E-state index in [-0.39, 0.29) is 12.0 Å². The number of nitrogens with zero attached hydrogens (tertiary/aromatic N) is 1. The number of carbonyl (C=O) groups excluding carboxylic acids is 1. The Hall–Kier alpha value is -3.41. The maximum Gasteiger partial charge on any atom is 0.311 e. The lowest BCUT2D eigenvalue weighted by Gasteiger charge is -2.13. The number of ether oxygens (including phenoxy) is 1. The molecule has 0 radical (unpaired) electrons. The van der Waals surface area contributed by atoms with Gasteiger partial charge in [-0.1, -0.05) is 24.3 Å². The van der Waals surface area contributed by atoms with Gasteiger partial charge >= 0.3 is 5.97 Å². The summed E-state index contributed by atoms with van der Waals surface area (Å²) in [4.78, 5) is 31.8. The van der Waals surface area contributed by atoms with Gasteiger partial charge in [-0.2, -0.15) is 0 Å². The minimum absolute atomic E-state index is 0.0810. The second kappa shape index (κ2) is 6.96. The number of aryl methyl sites for hydroxylation is 2. The molecule has 0 spiro atoms. The molecule has 4 rings (SSSR count). The maximum absolute atomic E-state index is 12.5. The molecule has 1 N–H and O–H groups in total. The van der Waals surface area contributed by atoms with Crippen LogP contribution in [0.5, 0.6) is 0 Å². The van der Waals surface area contributed by atoms with E-state index in [4.69, 9.17) is 9.15 Å². The minimum atomic E-state index is -0.674. The fourth-order valence-corrected chi connectivity index (χ4v) is 3.27. The molecule has 0 bridgehead atoms. The molecule has 0 aliphatic heterocycles. The monoisotopic (exact) mass is 376 g/mol. The van der Waals surface area contributed by atoms with Crippen LogP contribution in [0.2, 0.25) is 0 Å². The molecule has 2 aromatic heterocycles. The standard InChI is InChI=1S/C22H20N2O4/c1-12-8-9-16-15(11-27-20(16)13(12)2)10-19(25)28-14(3)21-23-18-7-5-4-6-17(18)22(26)24-21/h4-9,11,14H,10H2,1-3H3,(H,23,24,26)/t14-/m1/s1. The van der Waals surface area contributed by atoms with Gasteiger partial charge in [-0.3, -0.25) is 9.59 Å². The van der Waals surface area contributed by atoms with E-state index in [1.807, 2.05) is 32.0 Å².